The molecular weight excluding hydrogens is 304 g/mol. The molecule has 2 rings (SSSR count). The van der Waals surface area contributed by atoms with E-state index >= 15 is 0 Å². The molecule has 0 heterocycles. The first-order valence-corrected chi connectivity index (χ1v) is 11.6. The summed E-state index contributed by atoms with van der Waals surface area (Å²) in [6.07, 6.45) is 23.9. The van der Waals surface area contributed by atoms with Crippen LogP contribution in [0.25, 0.3) is 0 Å². The molecule has 0 spiro atoms. The van der Waals surface area contributed by atoms with Crippen LogP contribution in [0.5, 0.6) is 0 Å². The van der Waals surface area contributed by atoms with Crippen molar-refractivity contribution >= 4 is 0 Å². The summed E-state index contributed by atoms with van der Waals surface area (Å²) in [5, 5.41) is 0. The lowest BCUT2D eigenvalue weighted by molar-refractivity contribution is 0.0437. The molecule has 0 aliphatic heterocycles. The van der Waals surface area contributed by atoms with Crippen LogP contribution in [0, 0.1) is 17.3 Å². The van der Waals surface area contributed by atoms with Gasteiger partial charge in [-0.2, -0.15) is 0 Å². The highest BCUT2D eigenvalue weighted by Gasteiger charge is 2.40. The molecule has 4 N–H and O–H groups in total. The van der Waals surface area contributed by atoms with Gasteiger partial charge < -0.3 is 11.5 Å². The maximum atomic E-state index is 6.19. The van der Waals surface area contributed by atoms with E-state index in [1.807, 2.05) is 0 Å². The molecule has 0 saturated heterocycles. The van der Waals surface area contributed by atoms with Gasteiger partial charge in [0.25, 0.3) is 0 Å². The molecule has 2 nitrogen and oxygen atoms in total. The van der Waals surface area contributed by atoms with Gasteiger partial charge in [-0.3, -0.25) is 0 Å². The average molecular weight is 351 g/mol. The fourth-order valence-electron chi connectivity index (χ4n) is 5.82. The molecule has 2 saturated carbocycles. The Morgan fingerprint density at radius 2 is 1.36 bits per heavy atom. The summed E-state index contributed by atoms with van der Waals surface area (Å²) in [6.45, 7) is 3.50. The molecule has 0 radical (unpaired) electrons. The van der Waals surface area contributed by atoms with Crippen LogP contribution in [0.15, 0.2) is 0 Å². The molecule has 1 unspecified atom stereocenters. The third kappa shape index (κ3) is 7.21. The van der Waals surface area contributed by atoms with E-state index in [4.69, 9.17) is 11.5 Å². The summed E-state index contributed by atoms with van der Waals surface area (Å²) in [5.74, 6) is 1.94. The van der Waals surface area contributed by atoms with E-state index in [0.717, 1.165) is 18.4 Å². The lowest BCUT2D eigenvalue weighted by Gasteiger charge is -2.46. The van der Waals surface area contributed by atoms with Crippen molar-refractivity contribution in [2.75, 3.05) is 6.54 Å². The largest absolute Gasteiger partial charge is 0.330 e. The van der Waals surface area contributed by atoms with Crippen LogP contribution in [0.2, 0.25) is 0 Å². The summed E-state index contributed by atoms with van der Waals surface area (Å²) >= 11 is 0. The summed E-state index contributed by atoms with van der Waals surface area (Å²) in [6, 6.07) is 0.490. The first-order valence-electron chi connectivity index (χ1n) is 11.6. The van der Waals surface area contributed by atoms with Crippen LogP contribution in [0.3, 0.4) is 0 Å². The van der Waals surface area contributed by atoms with Gasteiger partial charge in [-0.25, -0.2) is 0 Å². The zero-order chi connectivity index (χ0) is 18.0. The van der Waals surface area contributed by atoms with E-state index in [9.17, 15) is 0 Å². The van der Waals surface area contributed by atoms with E-state index in [-0.39, 0.29) is 0 Å². The predicted octanol–water partition coefficient (Wildman–Crippen LogP) is 6.17. The standard InChI is InChI=1S/C23H46N2/c1-23(17-9-7-10-18-23)22(20-13-15-21(25)16-14-20)12-8-5-3-2-4-6-11-19-24/h20-22H,2-19,24-25H2,1H3. The van der Waals surface area contributed by atoms with Gasteiger partial charge in [-0.05, 0) is 75.2 Å². The normalized spacial score (nSPS) is 28.0. The number of unbranched alkanes of at least 4 members (excludes halogenated alkanes) is 6. The molecule has 1 atom stereocenters. The summed E-state index contributed by atoms with van der Waals surface area (Å²) in [5.41, 5.74) is 12.4. The molecule has 0 aromatic carbocycles. The first kappa shape index (κ1) is 21.2. The smallest absolute Gasteiger partial charge is 0.00390 e. The van der Waals surface area contributed by atoms with Crippen molar-refractivity contribution in [1.82, 2.24) is 0 Å². The quantitative estimate of drug-likeness (QED) is 0.438. The lowest BCUT2D eigenvalue weighted by Crippen LogP contribution is -2.38. The number of hydrogen-bond donors (Lipinski definition) is 2. The summed E-state index contributed by atoms with van der Waals surface area (Å²) in [7, 11) is 0. The topological polar surface area (TPSA) is 52.0 Å². The van der Waals surface area contributed by atoms with Gasteiger partial charge in [0.05, 0.1) is 0 Å². The van der Waals surface area contributed by atoms with Gasteiger partial charge >= 0.3 is 0 Å². The Labute approximate surface area is 157 Å². The van der Waals surface area contributed by atoms with Gasteiger partial charge in [0, 0.05) is 6.04 Å². The highest BCUT2D eigenvalue weighted by Crippen LogP contribution is 2.50. The molecule has 2 heteroatoms. The zero-order valence-electron chi connectivity index (χ0n) is 17.1. The van der Waals surface area contributed by atoms with Crippen molar-refractivity contribution in [3.05, 3.63) is 0 Å². The molecule has 25 heavy (non-hydrogen) atoms. The van der Waals surface area contributed by atoms with Crippen molar-refractivity contribution in [3.8, 4) is 0 Å². The minimum absolute atomic E-state index is 0.490. The van der Waals surface area contributed by atoms with E-state index in [0.29, 0.717) is 11.5 Å². The molecule has 148 valence electrons. The Bertz CT molecular complexity index is 327. The van der Waals surface area contributed by atoms with E-state index < -0.39 is 0 Å². The van der Waals surface area contributed by atoms with Crippen molar-refractivity contribution in [3.63, 3.8) is 0 Å². The van der Waals surface area contributed by atoms with Crippen LogP contribution in [-0.4, -0.2) is 12.6 Å². The molecule has 0 amide bonds. The van der Waals surface area contributed by atoms with E-state index in [1.54, 1.807) is 0 Å². The van der Waals surface area contributed by atoms with Gasteiger partial charge in [-0.15, -0.1) is 0 Å². The predicted molar refractivity (Wildman–Crippen MR) is 111 cm³/mol. The molecule has 0 aromatic heterocycles. The van der Waals surface area contributed by atoms with Crippen LogP contribution in [0.4, 0.5) is 0 Å². The fourth-order valence-corrected chi connectivity index (χ4v) is 5.82. The van der Waals surface area contributed by atoms with Gasteiger partial charge in [0.15, 0.2) is 0 Å². The van der Waals surface area contributed by atoms with Gasteiger partial charge in [0.1, 0.15) is 0 Å². The van der Waals surface area contributed by atoms with Crippen molar-refractivity contribution < 1.29 is 0 Å². The summed E-state index contributed by atoms with van der Waals surface area (Å²) in [4.78, 5) is 0. The molecular formula is C23H46N2. The number of hydrogen-bond acceptors (Lipinski definition) is 2. The maximum absolute atomic E-state index is 6.19. The SMILES string of the molecule is CC1(C(CCCCCCCCCN)C2CCC(N)CC2)CCCCC1. The minimum atomic E-state index is 0.490. The van der Waals surface area contributed by atoms with E-state index in [1.165, 1.54) is 109 Å². The Morgan fingerprint density at radius 3 is 1.96 bits per heavy atom. The van der Waals surface area contributed by atoms with Gasteiger partial charge in [-0.1, -0.05) is 64.7 Å². The summed E-state index contributed by atoms with van der Waals surface area (Å²) < 4.78 is 0. The molecule has 2 fully saturated rings. The van der Waals surface area contributed by atoms with Crippen molar-refractivity contribution in [2.24, 2.45) is 28.7 Å². The van der Waals surface area contributed by atoms with Crippen LogP contribution < -0.4 is 11.5 Å². The molecule has 0 bridgehead atoms. The second-order valence-corrected chi connectivity index (χ2v) is 9.55. The molecule has 2 aliphatic carbocycles. The fraction of sp³-hybridized carbons (Fsp3) is 1.00. The van der Waals surface area contributed by atoms with Crippen LogP contribution in [-0.2, 0) is 0 Å². The third-order valence-electron chi connectivity index (χ3n) is 7.50. The Hall–Kier alpha value is -0.0800. The van der Waals surface area contributed by atoms with E-state index in [2.05, 4.69) is 6.92 Å². The maximum Gasteiger partial charge on any atom is 0.00390 e. The first-order chi connectivity index (χ1) is 12.2. The second-order valence-electron chi connectivity index (χ2n) is 9.55. The van der Waals surface area contributed by atoms with Gasteiger partial charge in [0.2, 0.25) is 0 Å². The highest BCUT2D eigenvalue weighted by molar-refractivity contribution is 4.91. The monoisotopic (exact) mass is 350 g/mol. The second kappa shape index (κ2) is 11.6. The van der Waals surface area contributed by atoms with Crippen LogP contribution >= 0.6 is 0 Å². The molecule has 0 aromatic rings. The number of rotatable bonds is 11. The lowest BCUT2D eigenvalue weighted by atomic mass is 9.59. The van der Waals surface area contributed by atoms with Crippen LogP contribution in [0.1, 0.15) is 116 Å². The zero-order valence-corrected chi connectivity index (χ0v) is 17.1. The highest BCUT2D eigenvalue weighted by atomic mass is 14.6. The third-order valence-corrected chi connectivity index (χ3v) is 7.50. The van der Waals surface area contributed by atoms with Crippen molar-refractivity contribution in [2.45, 2.75) is 122 Å². The number of nitrogens with two attached hydrogens (primary N) is 2. The Morgan fingerprint density at radius 1 is 0.800 bits per heavy atom. The Kier molecular flexibility index (Phi) is 9.84. The Balaban J connectivity index is 1.76. The van der Waals surface area contributed by atoms with Crippen molar-refractivity contribution in [1.29, 1.82) is 0 Å². The molecule has 2 aliphatic rings. The average Bonchev–Trinajstić information content (AvgIpc) is 2.62. The minimum Gasteiger partial charge on any atom is -0.330 e.